The highest BCUT2D eigenvalue weighted by atomic mass is 16.3. The smallest absolute Gasteiger partial charge is 0.244 e. The van der Waals surface area contributed by atoms with Gasteiger partial charge in [-0.15, -0.1) is 0 Å². The second-order valence-corrected chi connectivity index (χ2v) is 6.03. The third-order valence-electron chi connectivity index (χ3n) is 3.33. The molecule has 1 rings (SSSR count). The van der Waals surface area contributed by atoms with E-state index in [4.69, 9.17) is 10.8 Å². The third-order valence-corrected chi connectivity index (χ3v) is 3.33. The van der Waals surface area contributed by atoms with Crippen LogP contribution in [-0.4, -0.2) is 64.7 Å². The summed E-state index contributed by atoms with van der Waals surface area (Å²) in [6, 6.07) is 0. The van der Waals surface area contributed by atoms with Crippen molar-refractivity contribution in [3.05, 3.63) is 0 Å². The molecule has 100 valence electrons. The maximum absolute atomic E-state index is 12.0. The summed E-state index contributed by atoms with van der Waals surface area (Å²) < 4.78 is 0. The minimum atomic E-state index is -1.15. The number of aliphatic hydroxyl groups is 1. The fraction of sp³-hybridized carbons (Fsp3) is 0.917. The van der Waals surface area contributed by atoms with Crippen molar-refractivity contribution in [3.63, 3.8) is 0 Å². The molecule has 0 aromatic carbocycles. The van der Waals surface area contributed by atoms with Crippen LogP contribution in [-0.2, 0) is 4.79 Å². The second kappa shape index (κ2) is 4.92. The van der Waals surface area contributed by atoms with E-state index in [9.17, 15) is 4.79 Å². The van der Waals surface area contributed by atoms with Crippen molar-refractivity contribution < 1.29 is 9.90 Å². The van der Waals surface area contributed by atoms with Crippen LogP contribution in [0.3, 0.4) is 0 Å². The van der Waals surface area contributed by atoms with E-state index in [2.05, 4.69) is 25.7 Å². The van der Waals surface area contributed by atoms with Crippen LogP contribution in [0.4, 0.5) is 0 Å². The van der Waals surface area contributed by atoms with Crippen molar-refractivity contribution >= 4 is 5.91 Å². The van der Waals surface area contributed by atoms with Gasteiger partial charge in [-0.2, -0.15) is 0 Å². The third kappa shape index (κ3) is 3.40. The Kier molecular flexibility index (Phi) is 4.17. The van der Waals surface area contributed by atoms with Gasteiger partial charge in [0, 0.05) is 31.7 Å². The molecule has 0 radical (unpaired) electrons. The normalized spacial score (nSPS) is 22.4. The van der Waals surface area contributed by atoms with Crippen molar-refractivity contribution in [2.45, 2.75) is 38.8 Å². The van der Waals surface area contributed by atoms with Gasteiger partial charge >= 0.3 is 0 Å². The van der Waals surface area contributed by atoms with E-state index in [-0.39, 0.29) is 18.1 Å². The molecule has 1 aliphatic heterocycles. The van der Waals surface area contributed by atoms with Crippen LogP contribution in [0.5, 0.6) is 0 Å². The lowest BCUT2D eigenvalue weighted by atomic mass is 10.0. The number of aliphatic hydroxyl groups excluding tert-OH is 1. The minimum Gasteiger partial charge on any atom is -0.394 e. The van der Waals surface area contributed by atoms with Crippen LogP contribution < -0.4 is 5.73 Å². The first kappa shape index (κ1) is 14.4. The van der Waals surface area contributed by atoms with Gasteiger partial charge in [0.15, 0.2) is 0 Å². The predicted octanol–water partition coefficient (Wildman–Crippen LogP) is -0.361. The van der Waals surface area contributed by atoms with Crippen molar-refractivity contribution in [2.24, 2.45) is 5.73 Å². The molecule has 1 heterocycles. The van der Waals surface area contributed by atoms with E-state index in [0.717, 1.165) is 13.1 Å². The lowest BCUT2D eigenvalue weighted by Gasteiger charge is -2.43. The first-order valence-corrected chi connectivity index (χ1v) is 6.12. The van der Waals surface area contributed by atoms with Crippen LogP contribution in [0.1, 0.15) is 27.7 Å². The summed E-state index contributed by atoms with van der Waals surface area (Å²) in [6.45, 7) is 10.9. The van der Waals surface area contributed by atoms with E-state index >= 15 is 0 Å². The summed E-state index contributed by atoms with van der Waals surface area (Å²) in [6.07, 6.45) is 0. The Balaban J connectivity index is 2.56. The molecule has 0 aromatic rings. The number of nitrogens with two attached hydrogens (primary N) is 1. The van der Waals surface area contributed by atoms with Crippen LogP contribution in [0.15, 0.2) is 0 Å². The van der Waals surface area contributed by atoms with Gasteiger partial charge in [-0.05, 0) is 27.7 Å². The maximum atomic E-state index is 12.0. The van der Waals surface area contributed by atoms with Crippen molar-refractivity contribution in [1.29, 1.82) is 0 Å². The topological polar surface area (TPSA) is 69.8 Å². The van der Waals surface area contributed by atoms with Crippen LogP contribution in [0.2, 0.25) is 0 Å². The average molecular weight is 243 g/mol. The Labute approximate surface area is 104 Å². The molecular formula is C12H25N3O2. The molecule has 1 unspecified atom stereocenters. The summed E-state index contributed by atoms with van der Waals surface area (Å²) in [4.78, 5) is 16.1. The summed E-state index contributed by atoms with van der Waals surface area (Å²) in [5, 5.41) is 9.09. The lowest BCUT2D eigenvalue weighted by Crippen LogP contribution is -2.61. The molecule has 1 fully saturated rings. The van der Waals surface area contributed by atoms with Gasteiger partial charge in [-0.25, -0.2) is 0 Å². The molecule has 1 saturated heterocycles. The monoisotopic (exact) mass is 243 g/mol. The molecule has 0 aromatic heterocycles. The van der Waals surface area contributed by atoms with Crippen molar-refractivity contribution in [3.8, 4) is 0 Å². The Morgan fingerprint density at radius 2 is 1.65 bits per heavy atom. The molecule has 3 N–H and O–H groups in total. The van der Waals surface area contributed by atoms with Gasteiger partial charge in [-0.3, -0.25) is 9.69 Å². The standard InChI is InChI=1S/C12H25N3O2/c1-11(2,3)15-7-5-14(6-8-15)10(17)12(4,13)9-16/h16H,5-9,13H2,1-4H3. The molecule has 0 bridgehead atoms. The maximum Gasteiger partial charge on any atom is 0.244 e. The summed E-state index contributed by atoms with van der Waals surface area (Å²) in [5.41, 5.74) is 4.74. The second-order valence-electron chi connectivity index (χ2n) is 6.03. The molecule has 0 saturated carbocycles. The van der Waals surface area contributed by atoms with Crippen LogP contribution in [0.25, 0.3) is 0 Å². The summed E-state index contributed by atoms with van der Waals surface area (Å²) in [5.74, 6) is -0.159. The quantitative estimate of drug-likeness (QED) is 0.695. The van der Waals surface area contributed by atoms with E-state index in [1.54, 1.807) is 11.8 Å². The number of nitrogens with zero attached hydrogens (tertiary/aromatic N) is 2. The number of carbonyl (C=O) groups excluding carboxylic acids is 1. The molecule has 1 amide bonds. The van der Waals surface area contributed by atoms with Crippen LogP contribution >= 0.6 is 0 Å². The molecule has 5 nitrogen and oxygen atoms in total. The number of rotatable bonds is 2. The van der Waals surface area contributed by atoms with Gasteiger partial charge < -0.3 is 15.7 Å². The highest BCUT2D eigenvalue weighted by Crippen LogP contribution is 2.17. The van der Waals surface area contributed by atoms with Gasteiger partial charge in [0.25, 0.3) is 0 Å². The number of hydrogen-bond donors (Lipinski definition) is 2. The van der Waals surface area contributed by atoms with Crippen molar-refractivity contribution in [1.82, 2.24) is 9.80 Å². The zero-order valence-electron chi connectivity index (χ0n) is 11.4. The zero-order valence-corrected chi connectivity index (χ0v) is 11.4. The highest BCUT2D eigenvalue weighted by molar-refractivity contribution is 5.86. The summed E-state index contributed by atoms with van der Waals surface area (Å²) >= 11 is 0. The first-order chi connectivity index (χ1) is 7.68. The Bertz CT molecular complexity index is 276. The zero-order chi connectivity index (χ0) is 13.3. The van der Waals surface area contributed by atoms with Gasteiger partial charge in [0.2, 0.25) is 5.91 Å². The fourth-order valence-electron chi connectivity index (χ4n) is 2.01. The summed E-state index contributed by atoms with van der Waals surface area (Å²) in [7, 11) is 0. The molecular weight excluding hydrogens is 218 g/mol. The molecule has 5 heteroatoms. The highest BCUT2D eigenvalue weighted by Gasteiger charge is 2.35. The lowest BCUT2D eigenvalue weighted by molar-refractivity contribution is -0.140. The van der Waals surface area contributed by atoms with Crippen molar-refractivity contribution in [2.75, 3.05) is 32.8 Å². The van der Waals surface area contributed by atoms with Gasteiger partial charge in [0.05, 0.1) is 6.61 Å². The SMILES string of the molecule is CC(N)(CO)C(=O)N1CCN(C(C)(C)C)CC1. The molecule has 0 spiro atoms. The van der Waals surface area contributed by atoms with Gasteiger partial charge in [-0.1, -0.05) is 0 Å². The number of amides is 1. The van der Waals surface area contributed by atoms with E-state index < -0.39 is 5.54 Å². The first-order valence-electron chi connectivity index (χ1n) is 6.12. The Morgan fingerprint density at radius 1 is 1.18 bits per heavy atom. The minimum absolute atomic E-state index is 0.137. The Hall–Kier alpha value is -0.650. The Morgan fingerprint density at radius 3 is 2.00 bits per heavy atom. The predicted molar refractivity (Wildman–Crippen MR) is 67.6 cm³/mol. The average Bonchev–Trinajstić information content (AvgIpc) is 2.27. The van der Waals surface area contributed by atoms with E-state index in [1.165, 1.54) is 0 Å². The largest absolute Gasteiger partial charge is 0.394 e. The van der Waals surface area contributed by atoms with Crippen LogP contribution in [0, 0.1) is 0 Å². The van der Waals surface area contributed by atoms with E-state index in [0.29, 0.717) is 13.1 Å². The number of hydrogen-bond acceptors (Lipinski definition) is 4. The van der Waals surface area contributed by atoms with E-state index in [1.807, 2.05) is 0 Å². The molecule has 0 aliphatic carbocycles. The molecule has 17 heavy (non-hydrogen) atoms. The number of piperazine rings is 1. The number of carbonyl (C=O) groups is 1. The van der Waals surface area contributed by atoms with Gasteiger partial charge in [0.1, 0.15) is 5.54 Å². The fourth-order valence-corrected chi connectivity index (χ4v) is 2.01. The molecule has 1 atom stereocenters. The molecule has 1 aliphatic rings.